The molecule has 5 nitrogen and oxygen atoms in total. The summed E-state index contributed by atoms with van der Waals surface area (Å²) in [4.78, 5) is 12.1. The molecule has 0 amide bonds. The molecule has 1 heterocycles. The Morgan fingerprint density at radius 1 is 1.25 bits per heavy atom. The van der Waals surface area contributed by atoms with Gasteiger partial charge in [0, 0.05) is 5.69 Å². The molecule has 2 aromatic rings. The lowest BCUT2D eigenvalue weighted by atomic mass is 10.2. The van der Waals surface area contributed by atoms with Crippen LogP contribution in [0.5, 0.6) is 0 Å². The van der Waals surface area contributed by atoms with Gasteiger partial charge in [0.05, 0.1) is 17.6 Å². The Labute approximate surface area is 118 Å². The predicted octanol–water partition coefficient (Wildman–Crippen LogP) is 2.72. The Bertz CT molecular complexity index is 622. The van der Waals surface area contributed by atoms with Crippen molar-refractivity contribution in [1.82, 2.24) is 9.78 Å². The molecule has 0 spiro atoms. The Morgan fingerprint density at radius 2 is 1.85 bits per heavy atom. The molecule has 0 saturated carbocycles. The number of rotatable bonds is 2. The van der Waals surface area contributed by atoms with E-state index in [0.29, 0.717) is 11.3 Å². The van der Waals surface area contributed by atoms with Gasteiger partial charge >= 0.3 is 5.97 Å². The summed E-state index contributed by atoms with van der Waals surface area (Å²) in [7, 11) is 0. The van der Waals surface area contributed by atoms with Gasteiger partial charge < -0.3 is 10.5 Å². The van der Waals surface area contributed by atoms with Crippen LogP contribution < -0.4 is 5.73 Å². The summed E-state index contributed by atoms with van der Waals surface area (Å²) in [5.41, 5.74) is 7.89. The van der Waals surface area contributed by atoms with Crippen molar-refractivity contribution < 1.29 is 9.53 Å². The molecule has 106 valence electrons. The number of hydrogen-bond donors (Lipinski definition) is 1. The van der Waals surface area contributed by atoms with E-state index in [9.17, 15) is 4.79 Å². The van der Waals surface area contributed by atoms with Crippen molar-refractivity contribution in [3.8, 4) is 5.69 Å². The third-order valence-electron chi connectivity index (χ3n) is 2.77. The molecule has 2 rings (SSSR count). The number of nitrogens with zero attached hydrogens (tertiary/aromatic N) is 2. The van der Waals surface area contributed by atoms with Gasteiger partial charge in [-0.1, -0.05) is 0 Å². The third-order valence-corrected chi connectivity index (χ3v) is 2.77. The van der Waals surface area contributed by atoms with E-state index < -0.39 is 5.60 Å². The molecule has 0 aliphatic rings. The summed E-state index contributed by atoms with van der Waals surface area (Å²) in [5.74, 6) is -0.364. The van der Waals surface area contributed by atoms with Gasteiger partial charge in [-0.05, 0) is 52.0 Å². The van der Waals surface area contributed by atoms with Crippen LogP contribution in [0.3, 0.4) is 0 Å². The Balaban J connectivity index is 2.32. The molecule has 0 fully saturated rings. The highest BCUT2D eigenvalue weighted by Crippen LogP contribution is 2.18. The Kier molecular flexibility index (Phi) is 3.53. The molecule has 0 unspecified atom stereocenters. The van der Waals surface area contributed by atoms with Crippen molar-refractivity contribution in [2.24, 2.45) is 0 Å². The third kappa shape index (κ3) is 2.99. The number of carbonyl (C=O) groups is 1. The van der Waals surface area contributed by atoms with E-state index in [2.05, 4.69) is 5.10 Å². The van der Waals surface area contributed by atoms with Crippen LogP contribution in [0.15, 0.2) is 30.5 Å². The van der Waals surface area contributed by atoms with Crippen molar-refractivity contribution in [1.29, 1.82) is 0 Å². The molecule has 1 aromatic carbocycles. The molecule has 0 aliphatic carbocycles. The molecule has 0 radical (unpaired) electrons. The molecule has 0 aliphatic heterocycles. The van der Waals surface area contributed by atoms with Gasteiger partial charge in [0.15, 0.2) is 0 Å². The van der Waals surface area contributed by atoms with Crippen LogP contribution >= 0.6 is 0 Å². The first-order valence-corrected chi connectivity index (χ1v) is 6.42. The maximum Gasteiger partial charge on any atom is 0.342 e. The minimum absolute atomic E-state index is 0.364. The zero-order valence-electron chi connectivity index (χ0n) is 12.2. The molecule has 2 N–H and O–H groups in total. The second-order valence-electron chi connectivity index (χ2n) is 5.65. The van der Waals surface area contributed by atoms with E-state index in [1.165, 1.54) is 6.20 Å². The van der Waals surface area contributed by atoms with Crippen LogP contribution in [0.1, 0.15) is 36.8 Å². The van der Waals surface area contributed by atoms with Crippen LogP contribution in [0.2, 0.25) is 0 Å². The molecule has 0 saturated heterocycles. The van der Waals surface area contributed by atoms with Gasteiger partial charge in [0.25, 0.3) is 0 Å². The predicted molar refractivity (Wildman–Crippen MR) is 77.9 cm³/mol. The fourth-order valence-electron chi connectivity index (χ4n) is 1.82. The van der Waals surface area contributed by atoms with Gasteiger partial charge in [-0.3, -0.25) is 0 Å². The summed E-state index contributed by atoms with van der Waals surface area (Å²) in [6.07, 6.45) is 1.53. The Morgan fingerprint density at radius 3 is 2.40 bits per heavy atom. The van der Waals surface area contributed by atoms with E-state index >= 15 is 0 Å². The average molecular weight is 273 g/mol. The van der Waals surface area contributed by atoms with Gasteiger partial charge in [0.2, 0.25) is 0 Å². The fraction of sp³-hybridized carbons (Fsp3) is 0.333. The van der Waals surface area contributed by atoms with Gasteiger partial charge in [-0.15, -0.1) is 0 Å². The zero-order valence-corrected chi connectivity index (χ0v) is 12.2. The molecular formula is C15H19N3O2. The second-order valence-corrected chi connectivity index (χ2v) is 5.65. The van der Waals surface area contributed by atoms with Crippen LogP contribution in [-0.4, -0.2) is 21.4 Å². The Hall–Kier alpha value is -2.30. The largest absolute Gasteiger partial charge is 0.456 e. The zero-order chi connectivity index (χ0) is 14.9. The lowest BCUT2D eigenvalue weighted by Crippen LogP contribution is -2.24. The maximum atomic E-state index is 12.1. The van der Waals surface area contributed by atoms with Gasteiger partial charge in [-0.2, -0.15) is 5.10 Å². The summed E-state index contributed by atoms with van der Waals surface area (Å²) in [6.45, 7) is 7.35. The average Bonchev–Trinajstić information content (AvgIpc) is 2.70. The summed E-state index contributed by atoms with van der Waals surface area (Å²) in [5, 5.41) is 4.24. The molecule has 20 heavy (non-hydrogen) atoms. The number of benzene rings is 1. The number of nitrogens with two attached hydrogens (primary N) is 1. The normalized spacial score (nSPS) is 11.4. The minimum atomic E-state index is -0.521. The number of anilines is 1. The fourth-order valence-corrected chi connectivity index (χ4v) is 1.82. The molecular weight excluding hydrogens is 254 g/mol. The number of carbonyl (C=O) groups excluding carboxylic acids is 1. The van der Waals surface area contributed by atoms with Crippen molar-refractivity contribution in [3.05, 3.63) is 41.7 Å². The van der Waals surface area contributed by atoms with E-state index in [-0.39, 0.29) is 5.97 Å². The van der Waals surface area contributed by atoms with Crippen molar-refractivity contribution in [2.45, 2.75) is 33.3 Å². The second kappa shape index (κ2) is 5.00. The van der Waals surface area contributed by atoms with Crippen LogP contribution in [0, 0.1) is 6.92 Å². The number of aromatic nitrogens is 2. The quantitative estimate of drug-likeness (QED) is 0.674. The van der Waals surface area contributed by atoms with Crippen LogP contribution in [0.4, 0.5) is 5.69 Å². The smallest absolute Gasteiger partial charge is 0.342 e. The minimum Gasteiger partial charge on any atom is -0.456 e. The van der Waals surface area contributed by atoms with Crippen molar-refractivity contribution in [2.75, 3.05) is 5.73 Å². The summed E-state index contributed by atoms with van der Waals surface area (Å²) in [6, 6.07) is 7.30. The highest BCUT2D eigenvalue weighted by molar-refractivity contribution is 5.90. The highest BCUT2D eigenvalue weighted by Gasteiger charge is 2.22. The lowest BCUT2D eigenvalue weighted by Gasteiger charge is -2.19. The summed E-state index contributed by atoms with van der Waals surface area (Å²) < 4.78 is 7.05. The first-order valence-electron chi connectivity index (χ1n) is 6.42. The first-order chi connectivity index (χ1) is 9.28. The van der Waals surface area contributed by atoms with Crippen LogP contribution in [-0.2, 0) is 4.74 Å². The number of ether oxygens (including phenoxy) is 1. The lowest BCUT2D eigenvalue weighted by molar-refractivity contribution is 0.00687. The standard InChI is InChI=1S/C15H19N3O2/c1-10-13(14(19)20-15(2,3)4)9-17-18(10)12-7-5-11(16)6-8-12/h5-9H,16H2,1-4H3. The number of hydrogen-bond acceptors (Lipinski definition) is 4. The van der Waals surface area contributed by atoms with E-state index in [1.54, 1.807) is 16.8 Å². The van der Waals surface area contributed by atoms with Gasteiger partial charge in [0.1, 0.15) is 11.2 Å². The highest BCUT2D eigenvalue weighted by atomic mass is 16.6. The number of nitrogen functional groups attached to an aromatic ring is 1. The SMILES string of the molecule is Cc1c(C(=O)OC(C)(C)C)cnn1-c1ccc(N)cc1. The summed E-state index contributed by atoms with van der Waals surface area (Å²) >= 11 is 0. The molecule has 0 bridgehead atoms. The van der Waals surface area contributed by atoms with Crippen LogP contribution in [0.25, 0.3) is 5.69 Å². The maximum absolute atomic E-state index is 12.1. The topological polar surface area (TPSA) is 70.1 Å². The van der Waals surface area contributed by atoms with E-state index in [1.807, 2.05) is 39.8 Å². The van der Waals surface area contributed by atoms with Crippen molar-refractivity contribution >= 4 is 11.7 Å². The number of esters is 1. The van der Waals surface area contributed by atoms with E-state index in [0.717, 1.165) is 11.4 Å². The molecule has 0 atom stereocenters. The van der Waals surface area contributed by atoms with E-state index in [4.69, 9.17) is 10.5 Å². The van der Waals surface area contributed by atoms with Crippen molar-refractivity contribution in [3.63, 3.8) is 0 Å². The first kappa shape index (κ1) is 14.1. The van der Waals surface area contributed by atoms with Gasteiger partial charge in [-0.25, -0.2) is 9.48 Å². The molecule has 1 aromatic heterocycles. The monoisotopic (exact) mass is 273 g/mol. The molecule has 5 heteroatoms.